The Bertz CT molecular complexity index is 990. The van der Waals surface area contributed by atoms with Crippen molar-refractivity contribution in [2.24, 2.45) is 0 Å². The van der Waals surface area contributed by atoms with Gasteiger partial charge in [0.2, 0.25) is 0 Å². The number of benzene rings is 2. The number of hydrogen-bond donors (Lipinski definition) is 1. The second-order valence-electron chi connectivity index (χ2n) is 5.32. The summed E-state index contributed by atoms with van der Waals surface area (Å²) in [7, 11) is -2.78. The first-order valence-electron chi connectivity index (χ1n) is 7.22. The van der Waals surface area contributed by atoms with E-state index in [1.54, 1.807) is 26.0 Å². The summed E-state index contributed by atoms with van der Waals surface area (Å²) in [6.45, 7) is 3.42. The predicted molar refractivity (Wildman–Crippen MR) is 97.8 cm³/mol. The fourth-order valence-corrected chi connectivity index (χ4v) is 4.17. The number of nitro groups is 1. The van der Waals surface area contributed by atoms with E-state index < -0.39 is 20.6 Å². The number of anilines is 1. The maximum absolute atomic E-state index is 12.7. The third kappa shape index (κ3) is 4.07. The average Bonchev–Trinajstić information content (AvgIpc) is 2.57. The van der Waals surface area contributed by atoms with Crippen molar-refractivity contribution in [2.75, 3.05) is 11.8 Å². The fraction of sp³-hybridized carbons (Fsp3) is 0.188. The summed E-state index contributed by atoms with van der Waals surface area (Å²) in [5.41, 5.74) is 1.19. The van der Waals surface area contributed by atoms with Gasteiger partial charge in [-0.15, -0.1) is 0 Å². The number of thiocyanates is 1. The Hall–Kier alpha value is -2.77. The van der Waals surface area contributed by atoms with Crippen LogP contribution in [0, 0.1) is 34.6 Å². The molecule has 0 unspecified atom stereocenters. The molecule has 0 saturated carbocycles. The quantitative estimate of drug-likeness (QED) is 0.344. The molecule has 0 aromatic heterocycles. The van der Waals surface area contributed by atoms with E-state index in [1.165, 1.54) is 19.2 Å². The summed E-state index contributed by atoms with van der Waals surface area (Å²) >= 11 is 0.975. The van der Waals surface area contributed by atoms with Crippen LogP contribution < -0.4 is 9.46 Å². The lowest BCUT2D eigenvalue weighted by atomic mass is 10.1. The van der Waals surface area contributed by atoms with Gasteiger partial charge in [0.05, 0.1) is 22.6 Å². The van der Waals surface area contributed by atoms with Gasteiger partial charge in [-0.1, -0.05) is 0 Å². The fourth-order valence-electron chi connectivity index (χ4n) is 2.37. The number of nitrogens with one attached hydrogen (secondary N) is 1. The van der Waals surface area contributed by atoms with Crippen molar-refractivity contribution in [2.45, 2.75) is 23.6 Å². The number of ether oxygens (including phenoxy) is 1. The van der Waals surface area contributed by atoms with E-state index in [-0.39, 0.29) is 10.6 Å². The molecule has 2 rings (SSSR count). The third-order valence-corrected chi connectivity index (χ3v) is 5.47. The van der Waals surface area contributed by atoms with Crippen molar-refractivity contribution in [1.82, 2.24) is 0 Å². The molecule has 8 nitrogen and oxygen atoms in total. The van der Waals surface area contributed by atoms with Gasteiger partial charge in [-0.2, -0.15) is 5.26 Å². The molecule has 136 valence electrons. The molecule has 0 aliphatic rings. The van der Waals surface area contributed by atoms with E-state index >= 15 is 0 Å². The number of nitriles is 1. The Morgan fingerprint density at radius 2 is 1.85 bits per heavy atom. The molecule has 0 aliphatic carbocycles. The normalized spacial score (nSPS) is 10.8. The lowest BCUT2D eigenvalue weighted by Gasteiger charge is -2.14. The zero-order chi connectivity index (χ0) is 19.5. The Balaban J connectivity index is 2.46. The minimum atomic E-state index is -4.05. The highest BCUT2D eigenvalue weighted by Crippen LogP contribution is 2.32. The first kappa shape index (κ1) is 19.6. The van der Waals surface area contributed by atoms with Crippen LogP contribution in [0.25, 0.3) is 0 Å². The van der Waals surface area contributed by atoms with Gasteiger partial charge in [0.15, 0.2) is 5.75 Å². The summed E-state index contributed by atoms with van der Waals surface area (Å²) in [4.78, 5) is 10.8. The topological polar surface area (TPSA) is 122 Å². The van der Waals surface area contributed by atoms with E-state index in [9.17, 15) is 18.5 Å². The molecule has 0 radical (unpaired) electrons. The molecule has 1 N–H and O–H groups in total. The van der Waals surface area contributed by atoms with Crippen LogP contribution in [-0.2, 0) is 10.0 Å². The van der Waals surface area contributed by atoms with E-state index in [2.05, 4.69) is 4.72 Å². The van der Waals surface area contributed by atoms with Crippen LogP contribution in [0.15, 0.2) is 40.1 Å². The molecule has 0 aliphatic heterocycles. The van der Waals surface area contributed by atoms with Gasteiger partial charge in [-0.25, -0.2) is 8.42 Å². The van der Waals surface area contributed by atoms with E-state index in [0.29, 0.717) is 21.7 Å². The second kappa shape index (κ2) is 7.63. The highest BCUT2D eigenvalue weighted by molar-refractivity contribution is 8.03. The van der Waals surface area contributed by atoms with Crippen molar-refractivity contribution in [3.05, 3.63) is 51.6 Å². The molecular formula is C16H15N3O5S2. The molecule has 0 spiro atoms. The molecule has 0 fully saturated rings. The second-order valence-corrected chi connectivity index (χ2v) is 7.86. The van der Waals surface area contributed by atoms with Crippen LogP contribution in [0.2, 0.25) is 0 Å². The molecular weight excluding hydrogens is 378 g/mol. The number of sulfonamides is 1. The zero-order valence-electron chi connectivity index (χ0n) is 14.1. The summed E-state index contributed by atoms with van der Waals surface area (Å²) in [5.74, 6) is -0.0285. The largest absolute Gasteiger partial charge is 0.490 e. The van der Waals surface area contributed by atoms with Crippen LogP contribution in [0.1, 0.15) is 11.1 Å². The molecule has 0 bridgehead atoms. The maximum Gasteiger partial charge on any atom is 0.312 e. The van der Waals surface area contributed by atoms with Gasteiger partial charge in [-0.3, -0.25) is 14.8 Å². The molecule has 2 aromatic carbocycles. The molecule has 2 aromatic rings. The molecule has 0 heterocycles. The van der Waals surface area contributed by atoms with Crippen molar-refractivity contribution >= 4 is 33.2 Å². The standard InChI is InChI=1S/C16H15N3O5S2/c1-10-6-12(25-9-17)7-11(2)16(10)18-26(22,23)13-4-5-15(24-3)14(8-13)19(20)21/h4-8,18H,1-3H3. The number of nitrogens with zero attached hydrogens (tertiary/aromatic N) is 2. The molecule has 10 heteroatoms. The number of hydrogen-bond acceptors (Lipinski definition) is 7. The smallest absolute Gasteiger partial charge is 0.312 e. The summed E-state index contributed by atoms with van der Waals surface area (Å²) < 4.78 is 32.7. The highest BCUT2D eigenvalue weighted by atomic mass is 32.2. The van der Waals surface area contributed by atoms with E-state index in [4.69, 9.17) is 10.00 Å². The first-order valence-corrected chi connectivity index (χ1v) is 9.52. The Morgan fingerprint density at radius 1 is 1.23 bits per heavy atom. The van der Waals surface area contributed by atoms with Gasteiger partial charge >= 0.3 is 5.69 Å². The van der Waals surface area contributed by atoms with E-state index in [0.717, 1.165) is 17.8 Å². The Labute approximate surface area is 155 Å². The summed E-state index contributed by atoms with van der Waals surface area (Å²) in [6.07, 6.45) is 0. The zero-order valence-corrected chi connectivity index (χ0v) is 15.8. The summed E-state index contributed by atoms with van der Waals surface area (Å²) in [6, 6.07) is 6.80. The first-order chi connectivity index (χ1) is 12.2. The number of nitro benzene ring substituents is 1. The van der Waals surface area contributed by atoms with Gasteiger partial charge in [0, 0.05) is 11.0 Å². The minimum Gasteiger partial charge on any atom is -0.490 e. The molecule has 0 saturated heterocycles. The number of rotatable bonds is 6. The van der Waals surface area contributed by atoms with Crippen molar-refractivity contribution in [3.8, 4) is 11.2 Å². The predicted octanol–water partition coefficient (Wildman–Crippen LogP) is 3.59. The van der Waals surface area contributed by atoms with Crippen LogP contribution in [-0.4, -0.2) is 20.5 Å². The number of aryl methyl sites for hydroxylation is 2. The minimum absolute atomic E-state index is 0.0285. The van der Waals surface area contributed by atoms with Crippen molar-refractivity contribution < 1.29 is 18.1 Å². The van der Waals surface area contributed by atoms with Gasteiger partial charge < -0.3 is 4.74 Å². The van der Waals surface area contributed by atoms with Crippen molar-refractivity contribution in [3.63, 3.8) is 0 Å². The Morgan fingerprint density at radius 3 is 2.35 bits per heavy atom. The highest BCUT2D eigenvalue weighted by Gasteiger charge is 2.23. The van der Waals surface area contributed by atoms with Gasteiger partial charge in [0.1, 0.15) is 5.40 Å². The molecule has 0 atom stereocenters. The van der Waals surface area contributed by atoms with Crippen LogP contribution in [0.3, 0.4) is 0 Å². The lowest BCUT2D eigenvalue weighted by Crippen LogP contribution is -2.15. The van der Waals surface area contributed by atoms with Crippen LogP contribution in [0.5, 0.6) is 5.75 Å². The number of thioether (sulfide) groups is 1. The third-order valence-electron chi connectivity index (χ3n) is 3.56. The van der Waals surface area contributed by atoms with Gasteiger partial charge in [-0.05, 0) is 61.0 Å². The van der Waals surface area contributed by atoms with Gasteiger partial charge in [0.25, 0.3) is 10.0 Å². The molecule has 0 amide bonds. The molecule has 26 heavy (non-hydrogen) atoms. The van der Waals surface area contributed by atoms with Crippen LogP contribution in [0.4, 0.5) is 11.4 Å². The van der Waals surface area contributed by atoms with Crippen LogP contribution >= 0.6 is 11.8 Å². The van der Waals surface area contributed by atoms with E-state index in [1.807, 2.05) is 5.40 Å². The number of methoxy groups -OCH3 is 1. The van der Waals surface area contributed by atoms with Crippen molar-refractivity contribution in [1.29, 1.82) is 5.26 Å². The lowest BCUT2D eigenvalue weighted by molar-refractivity contribution is -0.386. The monoisotopic (exact) mass is 393 g/mol. The maximum atomic E-state index is 12.7. The average molecular weight is 393 g/mol. The SMILES string of the molecule is COc1ccc(S(=O)(=O)Nc2c(C)cc(SC#N)cc2C)cc1[N+](=O)[O-]. The summed E-state index contributed by atoms with van der Waals surface area (Å²) in [5, 5.41) is 21.8. The Kier molecular flexibility index (Phi) is 5.74.